The summed E-state index contributed by atoms with van der Waals surface area (Å²) >= 11 is 0. The van der Waals surface area contributed by atoms with Crippen LogP contribution in [0.2, 0.25) is 0 Å². The predicted molar refractivity (Wildman–Crippen MR) is 113 cm³/mol. The highest BCUT2D eigenvalue weighted by atomic mass is 16.5. The minimum atomic E-state index is 0.0113. The van der Waals surface area contributed by atoms with Crippen LogP contribution in [-0.2, 0) is 0 Å². The van der Waals surface area contributed by atoms with Gasteiger partial charge in [-0.3, -0.25) is 0 Å². The smallest absolute Gasteiger partial charge is 0.317 e. The van der Waals surface area contributed by atoms with E-state index >= 15 is 0 Å². The number of methoxy groups -OCH3 is 1. The van der Waals surface area contributed by atoms with E-state index in [1.807, 2.05) is 49.3 Å². The number of likely N-dealkylation sites (N-methyl/N-ethyl adjacent to an activating group) is 1. The summed E-state index contributed by atoms with van der Waals surface area (Å²) in [4.78, 5) is 19.0. The maximum Gasteiger partial charge on any atom is 0.317 e. The van der Waals surface area contributed by atoms with Crippen LogP contribution in [0, 0.1) is 0 Å². The van der Waals surface area contributed by atoms with Crippen LogP contribution in [-0.4, -0.2) is 69.8 Å². The summed E-state index contributed by atoms with van der Waals surface area (Å²) in [6.07, 6.45) is 0. The largest absolute Gasteiger partial charge is 0.497 e. The summed E-state index contributed by atoms with van der Waals surface area (Å²) in [5.41, 5.74) is 2.37. The Balaban J connectivity index is 1.50. The van der Waals surface area contributed by atoms with Crippen molar-refractivity contribution in [2.24, 2.45) is 0 Å². The zero-order valence-electron chi connectivity index (χ0n) is 17.0. The Morgan fingerprint density at radius 1 is 1.04 bits per heavy atom. The Bertz CT molecular complexity index is 741. The second kappa shape index (κ2) is 9.46. The van der Waals surface area contributed by atoms with Crippen LogP contribution in [0.4, 0.5) is 10.5 Å². The van der Waals surface area contributed by atoms with Gasteiger partial charge in [-0.05, 0) is 43.9 Å². The highest BCUT2D eigenvalue weighted by Crippen LogP contribution is 2.21. The van der Waals surface area contributed by atoms with Crippen molar-refractivity contribution in [1.29, 1.82) is 0 Å². The molecule has 0 aliphatic carbocycles. The molecule has 28 heavy (non-hydrogen) atoms. The van der Waals surface area contributed by atoms with Crippen LogP contribution in [0.15, 0.2) is 54.6 Å². The van der Waals surface area contributed by atoms with Crippen molar-refractivity contribution in [3.63, 3.8) is 0 Å². The number of piperazine rings is 1. The maximum atomic E-state index is 12.6. The van der Waals surface area contributed by atoms with Crippen LogP contribution in [0.5, 0.6) is 5.75 Å². The van der Waals surface area contributed by atoms with E-state index in [-0.39, 0.29) is 12.1 Å². The summed E-state index contributed by atoms with van der Waals surface area (Å²) in [6.45, 7) is 3.69. The number of amides is 2. The maximum absolute atomic E-state index is 12.6. The van der Waals surface area contributed by atoms with Crippen LogP contribution in [0.25, 0.3) is 0 Å². The number of rotatable bonds is 6. The number of anilines is 1. The fourth-order valence-electron chi connectivity index (χ4n) is 3.53. The Labute approximate surface area is 167 Å². The summed E-state index contributed by atoms with van der Waals surface area (Å²) in [6, 6.07) is 18.5. The zero-order chi connectivity index (χ0) is 19.9. The number of urea groups is 1. The van der Waals surface area contributed by atoms with Gasteiger partial charge in [0.1, 0.15) is 5.75 Å². The van der Waals surface area contributed by atoms with E-state index in [0.29, 0.717) is 6.54 Å². The molecule has 3 rings (SSSR count). The Morgan fingerprint density at radius 3 is 2.25 bits per heavy atom. The second-order valence-corrected chi connectivity index (χ2v) is 7.25. The minimum absolute atomic E-state index is 0.0113. The molecule has 2 amide bonds. The third-order valence-electron chi connectivity index (χ3n) is 5.26. The molecule has 1 fully saturated rings. The molecule has 0 saturated carbocycles. The van der Waals surface area contributed by atoms with Gasteiger partial charge < -0.3 is 24.8 Å². The first-order chi connectivity index (χ1) is 13.6. The standard InChI is InChI=1S/C22H30N4O2/c1-24(2)21(18-7-5-4-6-8-18)17-23-22(27)26-15-13-25(14-16-26)19-9-11-20(28-3)12-10-19/h4-12,21H,13-17H2,1-3H3,(H,23,27). The quantitative estimate of drug-likeness (QED) is 0.835. The number of carbonyl (C=O) groups excluding carboxylic acids is 1. The molecule has 0 aromatic heterocycles. The highest BCUT2D eigenvalue weighted by molar-refractivity contribution is 5.74. The van der Waals surface area contributed by atoms with Gasteiger partial charge in [0.05, 0.1) is 13.2 Å². The molecule has 1 aliphatic rings. The van der Waals surface area contributed by atoms with Crippen LogP contribution in [0.1, 0.15) is 11.6 Å². The van der Waals surface area contributed by atoms with Crippen molar-refractivity contribution < 1.29 is 9.53 Å². The normalized spacial score (nSPS) is 15.4. The average Bonchev–Trinajstić information content (AvgIpc) is 2.74. The van der Waals surface area contributed by atoms with Gasteiger partial charge in [0, 0.05) is 38.4 Å². The number of nitrogens with one attached hydrogen (secondary N) is 1. The number of nitrogens with zero attached hydrogens (tertiary/aromatic N) is 3. The predicted octanol–water partition coefficient (Wildman–Crippen LogP) is 2.83. The molecule has 2 aromatic rings. The third kappa shape index (κ3) is 4.95. The minimum Gasteiger partial charge on any atom is -0.497 e. The molecule has 1 saturated heterocycles. The van der Waals surface area contributed by atoms with Gasteiger partial charge in [-0.15, -0.1) is 0 Å². The molecule has 0 bridgehead atoms. The van der Waals surface area contributed by atoms with Crippen molar-refractivity contribution in [2.45, 2.75) is 6.04 Å². The first kappa shape index (κ1) is 20.0. The number of carbonyl (C=O) groups is 1. The van der Waals surface area contributed by atoms with Gasteiger partial charge in [0.25, 0.3) is 0 Å². The molecule has 6 heteroatoms. The molecule has 6 nitrogen and oxygen atoms in total. The molecule has 0 spiro atoms. The summed E-state index contributed by atoms with van der Waals surface area (Å²) in [5, 5.41) is 3.11. The number of hydrogen-bond acceptors (Lipinski definition) is 4. The van der Waals surface area contributed by atoms with Crippen LogP contribution in [0.3, 0.4) is 0 Å². The van der Waals surface area contributed by atoms with Crippen molar-refractivity contribution in [1.82, 2.24) is 15.1 Å². The summed E-state index contributed by atoms with van der Waals surface area (Å²) in [5.74, 6) is 0.857. The van der Waals surface area contributed by atoms with Crippen molar-refractivity contribution >= 4 is 11.7 Å². The molecule has 0 radical (unpaired) electrons. The molecule has 2 aromatic carbocycles. The fraction of sp³-hybridized carbons (Fsp3) is 0.409. The molecular weight excluding hydrogens is 352 g/mol. The lowest BCUT2D eigenvalue weighted by molar-refractivity contribution is 0.189. The van der Waals surface area contributed by atoms with E-state index in [1.54, 1.807) is 7.11 Å². The molecule has 1 atom stereocenters. The molecule has 1 aliphatic heterocycles. The monoisotopic (exact) mass is 382 g/mol. The van der Waals surface area contributed by atoms with E-state index in [4.69, 9.17) is 4.74 Å². The SMILES string of the molecule is COc1ccc(N2CCN(C(=O)NCC(c3ccccc3)N(C)C)CC2)cc1. The van der Waals surface area contributed by atoms with E-state index in [1.165, 1.54) is 5.56 Å². The molecular formula is C22H30N4O2. The first-order valence-corrected chi connectivity index (χ1v) is 9.71. The van der Waals surface area contributed by atoms with Gasteiger partial charge in [0.2, 0.25) is 0 Å². The third-order valence-corrected chi connectivity index (χ3v) is 5.26. The summed E-state index contributed by atoms with van der Waals surface area (Å²) < 4.78 is 5.22. The van der Waals surface area contributed by atoms with Gasteiger partial charge in [-0.2, -0.15) is 0 Å². The summed E-state index contributed by atoms with van der Waals surface area (Å²) in [7, 11) is 5.75. The van der Waals surface area contributed by atoms with E-state index in [9.17, 15) is 4.79 Å². The lowest BCUT2D eigenvalue weighted by atomic mass is 10.1. The lowest BCUT2D eigenvalue weighted by Crippen LogP contribution is -2.52. The Hall–Kier alpha value is -2.73. The van der Waals surface area contributed by atoms with Gasteiger partial charge in [-0.25, -0.2) is 4.79 Å². The van der Waals surface area contributed by atoms with E-state index in [2.05, 4.69) is 39.4 Å². The van der Waals surface area contributed by atoms with Gasteiger partial charge >= 0.3 is 6.03 Å². The molecule has 1 N–H and O–H groups in total. The van der Waals surface area contributed by atoms with Crippen molar-refractivity contribution in [3.8, 4) is 5.75 Å². The zero-order valence-corrected chi connectivity index (χ0v) is 17.0. The molecule has 1 unspecified atom stereocenters. The van der Waals surface area contributed by atoms with E-state index in [0.717, 1.165) is 37.6 Å². The first-order valence-electron chi connectivity index (χ1n) is 9.71. The highest BCUT2D eigenvalue weighted by Gasteiger charge is 2.22. The Morgan fingerprint density at radius 2 is 1.68 bits per heavy atom. The van der Waals surface area contributed by atoms with E-state index < -0.39 is 0 Å². The average molecular weight is 383 g/mol. The Kier molecular flexibility index (Phi) is 6.76. The van der Waals surface area contributed by atoms with Crippen molar-refractivity contribution in [3.05, 3.63) is 60.2 Å². The lowest BCUT2D eigenvalue weighted by Gasteiger charge is -2.36. The second-order valence-electron chi connectivity index (χ2n) is 7.25. The van der Waals surface area contributed by atoms with Crippen LogP contribution >= 0.6 is 0 Å². The van der Waals surface area contributed by atoms with Gasteiger partial charge in [-0.1, -0.05) is 30.3 Å². The number of benzene rings is 2. The van der Waals surface area contributed by atoms with Crippen molar-refractivity contribution in [2.75, 3.05) is 58.8 Å². The van der Waals surface area contributed by atoms with Gasteiger partial charge in [0.15, 0.2) is 0 Å². The van der Waals surface area contributed by atoms with Crippen LogP contribution < -0.4 is 15.0 Å². The fourth-order valence-corrected chi connectivity index (χ4v) is 3.53. The number of hydrogen-bond donors (Lipinski definition) is 1. The molecule has 1 heterocycles. The number of ether oxygens (including phenoxy) is 1. The molecule has 150 valence electrons. The topological polar surface area (TPSA) is 48.1 Å².